The van der Waals surface area contributed by atoms with E-state index in [1.54, 1.807) is 18.3 Å². The number of carbonyl (C=O) groups is 2. The highest BCUT2D eigenvalue weighted by molar-refractivity contribution is 6.33. The van der Waals surface area contributed by atoms with Gasteiger partial charge in [-0.25, -0.2) is 9.78 Å². The second kappa shape index (κ2) is 9.41. The Kier molecular flexibility index (Phi) is 6.71. The summed E-state index contributed by atoms with van der Waals surface area (Å²) in [6, 6.07) is 10.9. The lowest BCUT2D eigenvalue weighted by Crippen LogP contribution is -2.49. The van der Waals surface area contributed by atoms with Crippen molar-refractivity contribution in [2.45, 2.75) is 13.3 Å². The number of nitrogens with zero attached hydrogens (tertiary/aromatic N) is 3. The summed E-state index contributed by atoms with van der Waals surface area (Å²) >= 11 is 6.10. The lowest BCUT2D eigenvalue weighted by Gasteiger charge is -2.35. The van der Waals surface area contributed by atoms with Gasteiger partial charge in [0.05, 0.1) is 10.7 Å². The van der Waals surface area contributed by atoms with Gasteiger partial charge in [0.15, 0.2) is 0 Å². The van der Waals surface area contributed by atoms with Crippen LogP contribution in [0.2, 0.25) is 5.02 Å². The number of pyridine rings is 1. The number of hydrogen-bond donors (Lipinski definition) is 2. The average Bonchev–Trinajstić information content (AvgIpc) is 2.71. The number of hydrogen-bond acceptors (Lipinski definition) is 4. The molecule has 0 radical (unpaired) electrons. The van der Waals surface area contributed by atoms with Crippen LogP contribution in [-0.2, 0) is 4.79 Å². The number of nitrogens with one attached hydrogen (secondary N) is 2. The maximum Gasteiger partial charge on any atom is 0.319 e. The first-order chi connectivity index (χ1) is 13.5. The molecule has 1 aliphatic heterocycles. The van der Waals surface area contributed by atoms with Crippen LogP contribution in [0.25, 0.3) is 0 Å². The molecule has 28 heavy (non-hydrogen) atoms. The zero-order chi connectivity index (χ0) is 19.9. The Bertz CT molecular complexity index is 823. The second-order valence-corrected chi connectivity index (χ2v) is 7.08. The predicted octanol–water partition coefficient (Wildman–Crippen LogP) is 2.90. The van der Waals surface area contributed by atoms with Crippen LogP contribution >= 0.6 is 11.6 Å². The van der Waals surface area contributed by atoms with Crippen LogP contribution in [0.5, 0.6) is 0 Å². The average molecular weight is 402 g/mol. The minimum atomic E-state index is -0.376. The largest absolute Gasteiger partial charge is 0.353 e. The molecule has 0 aliphatic carbocycles. The SMILES string of the molecule is Cc1ccc(NC(=O)NCCC(=O)N2CCN(c3ccccn3)CC2)c(Cl)c1. The molecule has 2 aromatic rings. The molecule has 148 valence electrons. The molecule has 1 saturated heterocycles. The summed E-state index contributed by atoms with van der Waals surface area (Å²) < 4.78 is 0. The lowest BCUT2D eigenvalue weighted by atomic mass is 10.2. The van der Waals surface area contributed by atoms with E-state index in [-0.39, 0.29) is 24.9 Å². The maximum atomic E-state index is 12.4. The Balaban J connectivity index is 1.38. The Morgan fingerprint density at radius 2 is 1.93 bits per heavy atom. The topological polar surface area (TPSA) is 77.6 Å². The molecule has 0 spiro atoms. The summed E-state index contributed by atoms with van der Waals surface area (Å²) in [6.45, 7) is 5.01. The summed E-state index contributed by atoms with van der Waals surface area (Å²) in [4.78, 5) is 32.7. The molecule has 0 bridgehead atoms. The molecule has 1 aromatic heterocycles. The van der Waals surface area contributed by atoms with Gasteiger partial charge in [-0.2, -0.15) is 0 Å². The van der Waals surface area contributed by atoms with E-state index in [2.05, 4.69) is 20.5 Å². The van der Waals surface area contributed by atoms with E-state index in [1.165, 1.54) is 0 Å². The third kappa shape index (κ3) is 5.36. The van der Waals surface area contributed by atoms with Gasteiger partial charge >= 0.3 is 6.03 Å². The van der Waals surface area contributed by atoms with Crippen LogP contribution in [0.3, 0.4) is 0 Å². The number of amides is 3. The molecule has 8 heteroatoms. The number of halogens is 1. The van der Waals surface area contributed by atoms with Crippen LogP contribution in [0.1, 0.15) is 12.0 Å². The number of urea groups is 1. The summed E-state index contributed by atoms with van der Waals surface area (Å²) in [5.74, 6) is 0.969. The Morgan fingerprint density at radius 3 is 2.61 bits per heavy atom. The van der Waals surface area contributed by atoms with Gasteiger partial charge in [0.25, 0.3) is 0 Å². The van der Waals surface area contributed by atoms with Crippen molar-refractivity contribution in [3.8, 4) is 0 Å². The van der Waals surface area contributed by atoms with E-state index >= 15 is 0 Å². The van der Waals surface area contributed by atoms with Gasteiger partial charge in [0.1, 0.15) is 5.82 Å². The smallest absolute Gasteiger partial charge is 0.319 e. The summed E-state index contributed by atoms with van der Waals surface area (Å²) in [5, 5.41) is 5.88. The van der Waals surface area contributed by atoms with Crippen molar-refractivity contribution in [1.82, 2.24) is 15.2 Å². The number of anilines is 2. The van der Waals surface area contributed by atoms with Crippen LogP contribution in [0.4, 0.5) is 16.3 Å². The van der Waals surface area contributed by atoms with Gasteiger partial charge in [-0.05, 0) is 36.8 Å². The molecule has 2 heterocycles. The van der Waals surface area contributed by atoms with Crippen molar-refractivity contribution < 1.29 is 9.59 Å². The molecule has 0 saturated carbocycles. The molecular formula is C20H24ClN5O2. The molecule has 1 fully saturated rings. The third-order valence-electron chi connectivity index (χ3n) is 4.60. The van der Waals surface area contributed by atoms with Gasteiger partial charge in [0.2, 0.25) is 5.91 Å². The van der Waals surface area contributed by atoms with Crippen LogP contribution < -0.4 is 15.5 Å². The molecule has 7 nitrogen and oxygen atoms in total. The third-order valence-corrected chi connectivity index (χ3v) is 4.92. The quantitative estimate of drug-likeness (QED) is 0.807. The monoisotopic (exact) mass is 401 g/mol. The molecule has 1 aromatic carbocycles. The highest BCUT2D eigenvalue weighted by Gasteiger charge is 2.21. The van der Waals surface area contributed by atoms with Crippen molar-refractivity contribution in [3.63, 3.8) is 0 Å². The summed E-state index contributed by atoms with van der Waals surface area (Å²) in [6.07, 6.45) is 2.03. The number of benzene rings is 1. The van der Waals surface area contributed by atoms with Gasteiger partial charge in [-0.1, -0.05) is 23.7 Å². The van der Waals surface area contributed by atoms with Crippen molar-refractivity contribution in [2.24, 2.45) is 0 Å². The Morgan fingerprint density at radius 1 is 1.14 bits per heavy atom. The van der Waals surface area contributed by atoms with Crippen LogP contribution in [-0.4, -0.2) is 54.5 Å². The second-order valence-electron chi connectivity index (χ2n) is 6.67. The van der Waals surface area contributed by atoms with Crippen LogP contribution in [0, 0.1) is 6.92 Å². The van der Waals surface area contributed by atoms with Crippen LogP contribution in [0.15, 0.2) is 42.6 Å². The van der Waals surface area contributed by atoms with E-state index in [0.717, 1.165) is 24.5 Å². The molecular weight excluding hydrogens is 378 g/mol. The highest BCUT2D eigenvalue weighted by Crippen LogP contribution is 2.22. The Labute approximate surface area is 169 Å². The zero-order valence-corrected chi connectivity index (χ0v) is 16.6. The highest BCUT2D eigenvalue weighted by atomic mass is 35.5. The zero-order valence-electron chi connectivity index (χ0n) is 15.8. The first-order valence-electron chi connectivity index (χ1n) is 9.27. The summed E-state index contributed by atoms with van der Waals surface area (Å²) in [5.41, 5.74) is 1.56. The van der Waals surface area contributed by atoms with Gasteiger partial charge < -0.3 is 20.4 Å². The molecule has 1 aliphatic rings. The van der Waals surface area contributed by atoms with E-state index in [0.29, 0.717) is 23.8 Å². The number of rotatable bonds is 5. The van der Waals surface area contributed by atoms with E-state index in [9.17, 15) is 9.59 Å². The number of piperazine rings is 1. The lowest BCUT2D eigenvalue weighted by molar-refractivity contribution is -0.131. The Hall–Kier alpha value is -2.80. The minimum Gasteiger partial charge on any atom is -0.353 e. The standard InChI is InChI=1S/C20H24ClN5O2/c1-15-5-6-17(16(21)14-15)24-20(28)23-9-7-19(27)26-12-10-25(11-13-26)18-4-2-3-8-22-18/h2-6,8,14H,7,9-13H2,1H3,(H2,23,24,28). The fraction of sp³-hybridized carbons (Fsp3) is 0.350. The van der Waals surface area contributed by atoms with E-state index < -0.39 is 0 Å². The maximum absolute atomic E-state index is 12.4. The molecule has 0 unspecified atom stereocenters. The molecule has 3 rings (SSSR count). The first kappa shape index (κ1) is 19.9. The fourth-order valence-electron chi connectivity index (χ4n) is 3.05. The minimum absolute atomic E-state index is 0.0364. The van der Waals surface area contributed by atoms with Crippen molar-refractivity contribution in [2.75, 3.05) is 42.9 Å². The number of aromatic nitrogens is 1. The van der Waals surface area contributed by atoms with Crippen molar-refractivity contribution in [3.05, 3.63) is 53.2 Å². The molecule has 3 amide bonds. The van der Waals surface area contributed by atoms with E-state index in [4.69, 9.17) is 11.6 Å². The van der Waals surface area contributed by atoms with Gasteiger partial charge in [-0.15, -0.1) is 0 Å². The van der Waals surface area contributed by atoms with Crippen molar-refractivity contribution in [1.29, 1.82) is 0 Å². The fourth-order valence-corrected chi connectivity index (χ4v) is 3.34. The molecule has 2 N–H and O–H groups in total. The first-order valence-corrected chi connectivity index (χ1v) is 9.65. The normalized spacial score (nSPS) is 13.9. The van der Waals surface area contributed by atoms with Crippen molar-refractivity contribution >= 4 is 35.0 Å². The van der Waals surface area contributed by atoms with Gasteiger partial charge in [0, 0.05) is 45.3 Å². The van der Waals surface area contributed by atoms with E-state index in [1.807, 2.05) is 36.1 Å². The molecule has 0 atom stereocenters. The predicted molar refractivity (Wildman–Crippen MR) is 111 cm³/mol. The van der Waals surface area contributed by atoms with Gasteiger partial charge in [-0.3, -0.25) is 4.79 Å². The summed E-state index contributed by atoms with van der Waals surface area (Å²) in [7, 11) is 0. The number of aryl methyl sites for hydroxylation is 1. The number of carbonyl (C=O) groups excluding carboxylic acids is 2.